The highest BCUT2D eigenvalue weighted by Crippen LogP contribution is 2.09. The van der Waals surface area contributed by atoms with Crippen LogP contribution in [0.3, 0.4) is 0 Å². The summed E-state index contributed by atoms with van der Waals surface area (Å²) in [5.74, 6) is 0.0603. The van der Waals surface area contributed by atoms with Crippen molar-refractivity contribution < 1.29 is 9.53 Å². The molecule has 4 heteroatoms. The van der Waals surface area contributed by atoms with E-state index in [4.69, 9.17) is 4.74 Å². The molecule has 0 aliphatic carbocycles. The molecule has 0 spiro atoms. The quantitative estimate of drug-likeness (QED) is 0.687. The summed E-state index contributed by atoms with van der Waals surface area (Å²) in [6.45, 7) is 4.80. The molecule has 18 heavy (non-hydrogen) atoms. The Balaban J connectivity index is 2.38. The Labute approximate surface area is 109 Å². The van der Waals surface area contributed by atoms with Gasteiger partial charge in [0.05, 0.1) is 6.61 Å². The van der Waals surface area contributed by atoms with Gasteiger partial charge in [-0.25, -0.2) is 0 Å². The van der Waals surface area contributed by atoms with Crippen LogP contribution >= 0.6 is 0 Å². The van der Waals surface area contributed by atoms with Crippen LogP contribution in [0.2, 0.25) is 0 Å². The Morgan fingerprint density at radius 2 is 2.00 bits per heavy atom. The number of carbonyl (C=O) groups excluding carboxylic acids is 1. The highest BCUT2D eigenvalue weighted by Gasteiger charge is 2.02. The van der Waals surface area contributed by atoms with Crippen LogP contribution < -0.4 is 10.6 Å². The molecule has 0 radical (unpaired) electrons. The number of ether oxygens (including phenoxy) is 1. The lowest BCUT2D eigenvalue weighted by Crippen LogP contribution is -2.24. The van der Waals surface area contributed by atoms with Gasteiger partial charge in [-0.3, -0.25) is 4.79 Å². The third-order valence-electron chi connectivity index (χ3n) is 2.70. The number of amides is 1. The van der Waals surface area contributed by atoms with Crippen molar-refractivity contribution in [2.45, 2.75) is 26.5 Å². The maximum Gasteiger partial charge on any atom is 0.221 e. The van der Waals surface area contributed by atoms with Crippen LogP contribution in [0, 0.1) is 0 Å². The summed E-state index contributed by atoms with van der Waals surface area (Å²) >= 11 is 0. The highest BCUT2D eigenvalue weighted by atomic mass is 16.5. The zero-order valence-electron chi connectivity index (χ0n) is 11.2. The molecule has 0 aliphatic heterocycles. The van der Waals surface area contributed by atoms with Crippen molar-refractivity contribution in [2.24, 2.45) is 0 Å². The smallest absolute Gasteiger partial charge is 0.221 e. The fourth-order valence-corrected chi connectivity index (χ4v) is 1.63. The monoisotopic (exact) mass is 250 g/mol. The average Bonchev–Trinajstić information content (AvgIpc) is 2.42. The minimum atomic E-state index is 0.0603. The average molecular weight is 250 g/mol. The Kier molecular flexibility index (Phi) is 7.06. The zero-order valence-corrected chi connectivity index (χ0v) is 11.2. The first-order valence-electron chi connectivity index (χ1n) is 6.33. The van der Waals surface area contributed by atoms with Crippen molar-refractivity contribution in [3.05, 3.63) is 35.4 Å². The van der Waals surface area contributed by atoms with E-state index in [0.29, 0.717) is 19.6 Å². The normalized spacial score (nSPS) is 10.3. The second-order valence-electron chi connectivity index (χ2n) is 4.01. The number of carbonyl (C=O) groups is 1. The third kappa shape index (κ3) is 5.29. The lowest BCUT2D eigenvalue weighted by atomic mass is 10.1. The summed E-state index contributed by atoms with van der Waals surface area (Å²) in [6.07, 6.45) is 0.504. The van der Waals surface area contributed by atoms with Gasteiger partial charge in [0.25, 0.3) is 0 Å². The molecule has 0 saturated carbocycles. The molecule has 0 atom stereocenters. The largest absolute Gasteiger partial charge is 0.377 e. The molecule has 4 nitrogen and oxygen atoms in total. The van der Waals surface area contributed by atoms with Gasteiger partial charge in [0.2, 0.25) is 5.91 Å². The van der Waals surface area contributed by atoms with Gasteiger partial charge in [-0.1, -0.05) is 24.3 Å². The molecule has 1 aromatic carbocycles. The molecule has 0 fully saturated rings. The van der Waals surface area contributed by atoms with Crippen molar-refractivity contribution in [3.8, 4) is 0 Å². The Morgan fingerprint density at radius 1 is 1.28 bits per heavy atom. The molecule has 0 unspecified atom stereocenters. The molecular weight excluding hydrogens is 228 g/mol. The fraction of sp³-hybridized carbons (Fsp3) is 0.500. The van der Waals surface area contributed by atoms with E-state index in [1.165, 1.54) is 11.1 Å². The van der Waals surface area contributed by atoms with Gasteiger partial charge in [0.15, 0.2) is 0 Å². The van der Waals surface area contributed by atoms with E-state index in [0.717, 1.165) is 13.2 Å². The number of nitrogens with one attached hydrogen (secondary N) is 2. The van der Waals surface area contributed by atoms with Crippen molar-refractivity contribution in [3.63, 3.8) is 0 Å². The second kappa shape index (κ2) is 8.66. The molecule has 0 aromatic heterocycles. The van der Waals surface area contributed by atoms with Crippen LogP contribution in [-0.4, -0.2) is 26.1 Å². The van der Waals surface area contributed by atoms with Crippen LogP contribution in [0.4, 0.5) is 0 Å². The molecular formula is C14H22N2O2. The van der Waals surface area contributed by atoms with Gasteiger partial charge in [0.1, 0.15) is 0 Å². The van der Waals surface area contributed by atoms with Gasteiger partial charge in [-0.15, -0.1) is 0 Å². The van der Waals surface area contributed by atoms with Crippen LogP contribution in [0.25, 0.3) is 0 Å². The Morgan fingerprint density at radius 3 is 2.67 bits per heavy atom. The maximum absolute atomic E-state index is 11.1. The van der Waals surface area contributed by atoms with Gasteiger partial charge >= 0.3 is 0 Å². The fourth-order valence-electron chi connectivity index (χ4n) is 1.63. The number of rotatable bonds is 8. The van der Waals surface area contributed by atoms with E-state index in [-0.39, 0.29) is 5.91 Å². The molecule has 0 saturated heterocycles. The second-order valence-corrected chi connectivity index (χ2v) is 4.01. The van der Waals surface area contributed by atoms with Crippen LogP contribution in [-0.2, 0) is 22.7 Å². The molecule has 0 aliphatic rings. The number of hydrogen-bond donors (Lipinski definition) is 2. The van der Waals surface area contributed by atoms with Crippen molar-refractivity contribution in [2.75, 3.05) is 20.2 Å². The number of hydrogen-bond acceptors (Lipinski definition) is 3. The third-order valence-corrected chi connectivity index (χ3v) is 2.70. The van der Waals surface area contributed by atoms with Crippen molar-refractivity contribution in [1.82, 2.24) is 10.6 Å². The Bertz CT molecular complexity index is 367. The lowest BCUT2D eigenvalue weighted by molar-refractivity contribution is -0.120. The summed E-state index contributed by atoms with van der Waals surface area (Å²) in [5, 5.41) is 5.87. The first-order chi connectivity index (χ1) is 8.77. The van der Waals surface area contributed by atoms with Crippen LogP contribution in [0.15, 0.2) is 24.3 Å². The van der Waals surface area contributed by atoms with Gasteiger partial charge in [-0.2, -0.15) is 0 Å². The van der Waals surface area contributed by atoms with Crippen LogP contribution in [0.1, 0.15) is 24.5 Å². The first kappa shape index (κ1) is 14.7. The standard InChI is InChI=1S/C14H22N2O2/c1-3-18-11-13-7-5-4-6-12(13)10-16-9-8-14(17)15-2/h4-7,16H,3,8-11H2,1-2H3,(H,15,17). The predicted molar refractivity (Wildman–Crippen MR) is 72.2 cm³/mol. The van der Waals surface area contributed by atoms with Crippen molar-refractivity contribution in [1.29, 1.82) is 0 Å². The van der Waals surface area contributed by atoms with E-state index in [1.807, 2.05) is 19.1 Å². The Hall–Kier alpha value is -1.39. The summed E-state index contributed by atoms with van der Waals surface area (Å²) in [5.41, 5.74) is 2.43. The van der Waals surface area contributed by atoms with E-state index >= 15 is 0 Å². The first-order valence-corrected chi connectivity index (χ1v) is 6.33. The SMILES string of the molecule is CCOCc1ccccc1CNCCC(=O)NC. The molecule has 0 bridgehead atoms. The lowest BCUT2D eigenvalue weighted by Gasteiger charge is -2.10. The molecule has 1 amide bonds. The summed E-state index contributed by atoms with van der Waals surface area (Å²) < 4.78 is 5.43. The van der Waals surface area contributed by atoms with Crippen molar-refractivity contribution >= 4 is 5.91 Å². The van der Waals surface area contributed by atoms with Gasteiger partial charge < -0.3 is 15.4 Å². The molecule has 1 aromatic rings. The summed E-state index contributed by atoms with van der Waals surface area (Å²) in [4.78, 5) is 11.1. The minimum Gasteiger partial charge on any atom is -0.377 e. The van der Waals surface area contributed by atoms with Gasteiger partial charge in [-0.05, 0) is 18.1 Å². The molecule has 2 N–H and O–H groups in total. The van der Waals surface area contributed by atoms with E-state index in [2.05, 4.69) is 22.8 Å². The predicted octanol–water partition coefficient (Wildman–Crippen LogP) is 1.45. The molecule has 100 valence electrons. The minimum absolute atomic E-state index is 0.0603. The zero-order chi connectivity index (χ0) is 13.2. The van der Waals surface area contributed by atoms with E-state index < -0.39 is 0 Å². The van der Waals surface area contributed by atoms with Crippen LogP contribution in [0.5, 0.6) is 0 Å². The highest BCUT2D eigenvalue weighted by molar-refractivity contribution is 5.75. The summed E-state index contributed by atoms with van der Waals surface area (Å²) in [7, 11) is 1.65. The summed E-state index contributed by atoms with van der Waals surface area (Å²) in [6, 6.07) is 8.19. The topological polar surface area (TPSA) is 50.4 Å². The van der Waals surface area contributed by atoms with E-state index in [9.17, 15) is 4.79 Å². The van der Waals surface area contributed by atoms with Gasteiger partial charge in [0, 0.05) is 33.2 Å². The van der Waals surface area contributed by atoms with E-state index in [1.54, 1.807) is 7.05 Å². The molecule has 0 heterocycles. The maximum atomic E-state index is 11.1. The molecule has 1 rings (SSSR count). The number of benzene rings is 1.